The standard InChI is InChI=1S/C27H30N2O3/c1-2-9-24(10-3-1)32-26-18-27(31-21-26)12-15-29(16-13-27)19-22-7-6-11-25(17-22)30-20-23-8-4-5-14-28-23/h1-11,14,17,26H,12-13,15-16,18-21H2/t26-/m0/s1. The quantitative estimate of drug-likeness (QED) is 0.535. The van der Waals surface area contributed by atoms with Crippen LogP contribution in [0.3, 0.4) is 0 Å². The molecule has 0 unspecified atom stereocenters. The second-order valence-corrected chi connectivity index (χ2v) is 8.78. The Balaban J connectivity index is 1.10. The van der Waals surface area contributed by atoms with Crippen LogP contribution in [0.4, 0.5) is 0 Å². The Bertz CT molecular complexity index is 988. The van der Waals surface area contributed by atoms with Crippen LogP contribution in [0.1, 0.15) is 30.5 Å². The Labute approximate surface area is 190 Å². The minimum absolute atomic E-state index is 0.0242. The van der Waals surface area contributed by atoms with Crippen LogP contribution >= 0.6 is 0 Å². The summed E-state index contributed by atoms with van der Waals surface area (Å²) in [5.74, 6) is 1.82. The largest absolute Gasteiger partial charge is 0.488 e. The molecule has 3 aromatic rings. The lowest BCUT2D eigenvalue weighted by atomic mass is 9.88. The highest BCUT2D eigenvalue weighted by Crippen LogP contribution is 2.37. The zero-order valence-corrected chi connectivity index (χ0v) is 18.4. The van der Waals surface area contributed by atoms with Crippen molar-refractivity contribution in [2.24, 2.45) is 0 Å². The Morgan fingerprint density at radius 2 is 1.75 bits per heavy atom. The van der Waals surface area contributed by atoms with Crippen LogP contribution in [0.25, 0.3) is 0 Å². The highest BCUT2D eigenvalue weighted by atomic mass is 16.6. The van der Waals surface area contributed by atoms with E-state index >= 15 is 0 Å². The number of hydrogen-bond acceptors (Lipinski definition) is 5. The summed E-state index contributed by atoms with van der Waals surface area (Å²) in [6.45, 7) is 4.18. The van der Waals surface area contributed by atoms with Crippen molar-refractivity contribution in [1.29, 1.82) is 0 Å². The molecule has 2 aliphatic rings. The smallest absolute Gasteiger partial charge is 0.130 e. The van der Waals surface area contributed by atoms with Crippen LogP contribution in [-0.2, 0) is 17.9 Å². The van der Waals surface area contributed by atoms with Crippen LogP contribution in [-0.4, -0.2) is 41.3 Å². The average molecular weight is 431 g/mol. The second-order valence-electron chi connectivity index (χ2n) is 8.78. The molecule has 2 saturated heterocycles. The Morgan fingerprint density at radius 1 is 0.938 bits per heavy atom. The third-order valence-corrected chi connectivity index (χ3v) is 6.41. The van der Waals surface area contributed by atoms with Crippen LogP contribution in [0.2, 0.25) is 0 Å². The van der Waals surface area contributed by atoms with E-state index in [1.165, 1.54) is 5.56 Å². The Hall–Kier alpha value is -2.89. The van der Waals surface area contributed by atoms with Gasteiger partial charge in [0.1, 0.15) is 24.2 Å². The molecule has 1 aromatic heterocycles. The molecule has 0 radical (unpaired) electrons. The summed E-state index contributed by atoms with van der Waals surface area (Å²) in [7, 11) is 0. The predicted molar refractivity (Wildman–Crippen MR) is 124 cm³/mol. The minimum atomic E-state index is -0.0242. The van der Waals surface area contributed by atoms with Gasteiger partial charge >= 0.3 is 0 Å². The molecule has 0 N–H and O–H groups in total. The number of benzene rings is 2. The molecular weight excluding hydrogens is 400 g/mol. The fraction of sp³-hybridized carbons (Fsp3) is 0.370. The van der Waals surface area contributed by atoms with E-state index in [0.717, 1.165) is 56.1 Å². The fourth-order valence-corrected chi connectivity index (χ4v) is 4.67. The topological polar surface area (TPSA) is 43.8 Å². The monoisotopic (exact) mass is 430 g/mol. The van der Waals surface area contributed by atoms with Gasteiger partial charge in [0.2, 0.25) is 0 Å². The van der Waals surface area contributed by atoms with E-state index in [1.54, 1.807) is 6.20 Å². The van der Waals surface area contributed by atoms with Crippen molar-refractivity contribution in [2.45, 2.75) is 44.1 Å². The molecular formula is C27H30N2O3. The number of para-hydroxylation sites is 1. The number of pyridine rings is 1. The molecule has 5 rings (SSSR count). The zero-order valence-electron chi connectivity index (χ0n) is 18.4. The van der Waals surface area contributed by atoms with E-state index in [0.29, 0.717) is 13.2 Å². The van der Waals surface area contributed by atoms with E-state index in [1.807, 2.05) is 54.6 Å². The number of piperidine rings is 1. The first-order valence-corrected chi connectivity index (χ1v) is 11.5. The summed E-state index contributed by atoms with van der Waals surface area (Å²) in [5, 5.41) is 0. The van der Waals surface area contributed by atoms with Gasteiger partial charge in [-0.15, -0.1) is 0 Å². The maximum atomic E-state index is 6.28. The minimum Gasteiger partial charge on any atom is -0.488 e. The number of nitrogens with zero attached hydrogens (tertiary/aromatic N) is 2. The van der Waals surface area contributed by atoms with Gasteiger partial charge in [-0.1, -0.05) is 36.4 Å². The molecule has 0 saturated carbocycles. The molecule has 0 bridgehead atoms. The first kappa shape index (κ1) is 21.0. The first-order chi connectivity index (χ1) is 15.8. The molecule has 0 aliphatic carbocycles. The highest BCUT2D eigenvalue weighted by molar-refractivity contribution is 5.29. The Kier molecular flexibility index (Phi) is 6.37. The van der Waals surface area contributed by atoms with Gasteiger partial charge in [0, 0.05) is 32.3 Å². The zero-order chi connectivity index (χ0) is 21.6. The molecule has 166 valence electrons. The Morgan fingerprint density at radius 3 is 2.56 bits per heavy atom. The summed E-state index contributed by atoms with van der Waals surface area (Å²) in [6, 6.07) is 24.3. The van der Waals surface area contributed by atoms with Gasteiger partial charge in [0.25, 0.3) is 0 Å². The molecule has 32 heavy (non-hydrogen) atoms. The van der Waals surface area contributed by atoms with E-state index in [9.17, 15) is 0 Å². The van der Waals surface area contributed by atoms with E-state index < -0.39 is 0 Å². The summed E-state index contributed by atoms with van der Waals surface area (Å²) >= 11 is 0. The molecule has 5 nitrogen and oxygen atoms in total. The molecule has 1 spiro atoms. The van der Waals surface area contributed by atoms with Crippen molar-refractivity contribution < 1.29 is 14.2 Å². The van der Waals surface area contributed by atoms with Gasteiger partial charge in [0.15, 0.2) is 0 Å². The summed E-state index contributed by atoms with van der Waals surface area (Å²) < 4.78 is 18.4. The molecule has 2 aliphatic heterocycles. The average Bonchev–Trinajstić information content (AvgIpc) is 3.23. The van der Waals surface area contributed by atoms with Crippen molar-refractivity contribution in [2.75, 3.05) is 19.7 Å². The van der Waals surface area contributed by atoms with E-state index in [2.05, 4.69) is 28.1 Å². The molecule has 2 fully saturated rings. The normalized spacial score (nSPS) is 20.3. The predicted octanol–water partition coefficient (Wildman–Crippen LogP) is 4.86. The van der Waals surface area contributed by atoms with Crippen molar-refractivity contribution in [3.05, 3.63) is 90.3 Å². The van der Waals surface area contributed by atoms with E-state index in [-0.39, 0.29) is 11.7 Å². The number of hydrogen-bond donors (Lipinski definition) is 0. The highest BCUT2D eigenvalue weighted by Gasteiger charge is 2.43. The van der Waals surface area contributed by atoms with Gasteiger partial charge in [-0.2, -0.15) is 0 Å². The molecule has 3 heterocycles. The third kappa shape index (κ3) is 5.29. The molecule has 5 heteroatoms. The maximum Gasteiger partial charge on any atom is 0.130 e. The molecule has 0 amide bonds. The van der Waals surface area contributed by atoms with E-state index in [4.69, 9.17) is 14.2 Å². The van der Waals surface area contributed by atoms with Gasteiger partial charge in [-0.25, -0.2) is 0 Å². The second kappa shape index (κ2) is 9.72. The van der Waals surface area contributed by atoms with Gasteiger partial charge in [0.05, 0.1) is 17.9 Å². The van der Waals surface area contributed by atoms with Crippen LogP contribution in [0.5, 0.6) is 11.5 Å². The lowest BCUT2D eigenvalue weighted by Gasteiger charge is -2.38. The summed E-state index contributed by atoms with van der Waals surface area (Å²) in [4.78, 5) is 6.83. The number of likely N-dealkylation sites (tertiary alicyclic amines) is 1. The van der Waals surface area contributed by atoms with Crippen molar-refractivity contribution >= 4 is 0 Å². The van der Waals surface area contributed by atoms with Crippen molar-refractivity contribution in [1.82, 2.24) is 9.88 Å². The van der Waals surface area contributed by atoms with Gasteiger partial charge in [-0.3, -0.25) is 9.88 Å². The molecule has 1 atom stereocenters. The third-order valence-electron chi connectivity index (χ3n) is 6.41. The lowest BCUT2D eigenvalue weighted by molar-refractivity contribution is -0.0454. The van der Waals surface area contributed by atoms with Crippen molar-refractivity contribution in [3.63, 3.8) is 0 Å². The van der Waals surface area contributed by atoms with Crippen LogP contribution < -0.4 is 9.47 Å². The number of ether oxygens (including phenoxy) is 3. The van der Waals surface area contributed by atoms with Crippen LogP contribution in [0.15, 0.2) is 79.0 Å². The lowest BCUT2D eigenvalue weighted by Crippen LogP contribution is -2.44. The maximum absolute atomic E-state index is 6.28. The van der Waals surface area contributed by atoms with Gasteiger partial charge in [-0.05, 0) is 54.8 Å². The van der Waals surface area contributed by atoms with Crippen LogP contribution in [0, 0.1) is 0 Å². The number of aromatic nitrogens is 1. The SMILES string of the molecule is c1ccc(O[C@@H]2COC3(CCN(Cc4cccc(OCc5ccccn5)c4)CC3)C2)cc1. The van der Waals surface area contributed by atoms with Gasteiger partial charge < -0.3 is 14.2 Å². The fourth-order valence-electron chi connectivity index (χ4n) is 4.67. The number of rotatable bonds is 7. The van der Waals surface area contributed by atoms with Crippen molar-refractivity contribution in [3.8, 4) is 11.5 Å². The molecule has 2 aromatic carbocycles. The summed E-state index contributed by atoms with van der Waals surface area (Å²) in [5.41, 5.74) is 2.19. The first-order valence-electron chi connectivity index (χ1n) is 11.5. The summed E-state index contributed by atoms with van der Waals surface area (Å²) in [6.07, 6.45) is 5.03.